The quantitative estimate of drug-likeness (QED) is 0.861. The van der Waals surface area contributed by atoms with Gasteiger partial charge in [-0.1, -0.05) is 50.6 Å². The van der Waals surface area contributed by atoms with E-state index in [1.165, 1.54) is 11.1 Å². The zero-order valence-electron chi connectivity index (χ0n) is 15.4. The number of aryl methyl sites for hydroxylation is 1. The molecule has 4 heteroatoms. The van der Waals surface area contributed by atoms with E-state index in [0.29, 0.717) is 6.42 Å². The van der Waals surface area contributed by atoms with E-state index < -0.39 is 5.41 Å². The van der Waals surface area contributed by atoms with Gasteiger partial charge in [-0.05, 0) is 30.7 Å². The lowest BCUT2D eigenvalue weighted by atomic mass is 9.59. The molecular formula is C21H25N3O. The summed E-state index contributed by atoms with van der Waals surface area (Å²) in [6, 6.07) is 8.54. The Labute approximate surface area is 149 Å². The molecule has 2 heterocycles. The van der Waals surface area contributed by atoms with Crippen molar-refractivity contribution in [3.8, 4) is 0 Å². The van der Waals surface area contributed by atoms with E-state index in [2.05, 4.69) is 67.5 Å². The number of hydrogen-bond acceptors (Lipinski definition) is 4. The molecule has 0 bridgehead atoms. The van der Waals surface area contributed by atoms with Crippen LogP contribution in [0.4, 0.5) is 0 Å². The minimum atomic E-state index is -0.422. The van der Waals surface area contributed by atoms with Crippen molar-refractivity contribution < 1.29 is 4.79 Å². The number of nitrogens with one attached hydrogen (secondary N) is 1. The first-order valence-electron chi connectivity index (χ1n) is 9.08. The SMILES string of the molecule is CC[C@@]1(c2cccc(C)c2)C2=CN=NC2NC2=C1C(=O)CC(C)(C)C2. The number of hydrogen-bond donors (Lipinski definition) is 1. The van der Waals surface area contributed by atoms with Crippen LogP contribution in [0.1, 0.15) is 51.2 Å². The third-order valence-electron chi connectivity index (χ3n) is 5.82. The zero-order valence-corrected chi connectivity index (χ0v) is 15.4. The highest BCUT2D eigenvalue weighted by Gasteiger charge is 2.52. The topological polar surface area (TPSA) is 53.8 Å². The van der Waals surface area contributed by atoms with Gasteiger partial charge in [0.2, 0.25) is 0 Å². The fraction of sp³-hybridized carbons (Fsp3) is 0.476. The minimum Gasteiger partial charge on any atom is -0.362 e. The molecular weight excluding hydrogens is 310 g/mol. The number of benzene rings is 1. The van der Waals surface area contributed by atoms with Gasteiger partial charge in [-0.15, -0.1) is 0 Å². The summed E-state index contributed by atoms with van der Waals surface area (Å²) in [4.78, 5) is 13.3. The Bertz CT molecular complexity index is 846. The highest BCUT2D eigenvalue weighted by Crippen LogP contribution is 2.53. The predicted molar refractivity (Wildman–Crippen MR) is 98.1 cm³/mol. The number of allylic oxidation sites excluding steroid dienone is 2. The maximum Gasteiger partial charge on any atom is 0.164 e. The van der Waals surface area contributed by atoms with Gasteiger partial charge in [-0.25, -0.2) is 0 Å². The summed E-state index contributed by atoms with van der Waals surface area (Å²) in [6.07, 6.45) is 4.01. The Balaban J connectivity index is 2.00. The van der Waals surface area contributed by atoms with Crippen molar-refractivity contribution in [3.63, 3.8) is 0 Å². The van der Waals surface area contributed by atoms with Crippen LogP contribution in [0.3, 0.4) is 0 Å². The third kappa shape index (κ3) is 2.30. The molecule has 1 aromatic carbocycles. The van der Waals surface area contributed by atoms with Gasteiger partial charge in [0.25, 0.3) is 0 Å². The van der Waals surface area contributed by atoms with Gasteiger partial charge in [-0.2, -0.15) is 10.2 Å². The Morgan fingerprint density at radius 1 is 1.28 bits per heavy atom. The van der Waals surface area contributed by atoms with Crippen molar-refractivity contribution in [2.75, 3.05) is 0 Å². The van der Waals surface area contributed by atoms with Crippen LogP contribution in [-0.4, -0.2) is 11.9 Å². The van der Waals surface area contributed by atoms with Gasteiger partial charge >= 0.3 is 0 Å². The van der Waals surface area contributed by atoms with E-state index in [1.807, 2.05) is 6.20 Å². The number of nitrogens with zero attached hydrogens (tertiary/aromatic N) is 2. The average Bonchev–Trinajstić information content (AvgIpc) is 3.00. The molecule has 25 heavy (non-hydrogen) atoms. The number of rotatable bonds is 2. The van der Waals surface area contributed by atoms with Crippen molar-refractivity contribution in [1.82, 2.24) is 5.32 Å². The molecule has 1 aliphatic carbocycles. The molecule has 0 spiro atoms. The largest absolute Gasteiger partial charge is 0.362 e. The van der Waals surface area contributed by atoms with Gasteiger partial charge < -0.3 is 5.32 Å². The van der Waals surface area contributed by atoms with Crippen molar-refractivity contribution in [2.45, 2.75) is 58.5 Å². The summed E-state index contributed by atoms with van der Waals surface area (Å²) in [7, 11) is 0. The van der Waals surface area contributed by atoms with Crippen molar-refractivity contribution in [2.24, 2.45) is 15.6 Å². The maximum atomic E-state index is 13.3. The lowest BCUT2D eigenvalue weighted by Gasteiger charge is -2.47. The van der Waals surface area contributed by atoms with Gasteiger partial charge in [0, 0.05) is 23.3 Å². The molecule has 4 nitrogen and oxygen atoms in total. The zero-order chi connectivity index (χ0) is 17.8. The van der Waals surface area contributed by atoms with Gasteiger partial charge in [0.15, 0.2) is 11.9 Å². The number of carbonyl (C=O) groups is 1. The second kappa shape index (κ2) is 5.38. The first-order chi connectivity index (χ1) is 11.9. The predicted octanol–water partition coefficient (Wildman–Crippen LogP) is 4.57. The van der Waals surface area contributed by atoms with Gasteiger partial charge in [0.1, 0.15) is 0 Å². The van der Waals surface area contributed by atoms with Gasteiger partial charge in [-0.3, -0.25) is 4.79 Å². The number of ketones is 1. The number of carbonyl (C=O) groups excluding carboxylic acids is 1. The van der Waals surface area contributed by atoms with Crippen LogP contribution in [-0.2, 0) is 10.2 Å². The molecule has 130 valence electrons. The normalized spacial score (nSPS) is 29.8. The highest BCUT2D eigenvalue weighted by atomic mass is 16.1. The van der Waals surface area contributed by atoms with E-state index in [1.54, 1.807) is 0 Å². The summed E-state index contributed by atoms with van der Waals surface area (Å²) in [5.74, 6) is 0.258. The molecule has 0 saturated carbocycles. The molecule has 3 aliphatic rings. The number of fused-ring (bicyclic) bond motifs is 1. The number of azo groups is 1. The molecule has 0 fully saturated rings. The van der Waals surface area contributed by atoms with E-state index >= 15 is 0 Å². The molecule has 1 N–H and O–H groups in total. The molecule has 0 amide bonds. The third-order valence-corrected chi connectivity index (χ3v) is 5.82. The lowest BCUT2D eigenvalue weighted by molar-refractivity contribution is -0.119. The second-order valence-corrected chi connectivity index (χ2v) is 8.29. The summed E-state index contributed by atoms with van der Waals surface area (Å²) in [6.45, 7) is 8.60. The van der Waals surface area contributed by atoms with Crippen LogP contribution in [0.15, 0.2) is 57.5 Å². The van der Waals surface area contributed by atoms with E-state index in [0.717, 1.165) is 29.7 Å². The number of Topliss-reactive ketones (excluding diaryl/α,β-unsaturated/α-hetero) is 1. The fourth-order valence-electron chi connectivity index (χ4n) is 4.80. The molecule has 1 unspecified atom stereocenters. The monoisotopic (exact) mass is 335 g/mol. The van der Waals surface area contributed by atoms with E-state index in [9.17, 15) is 4.79 Å². The fourth-order valence-corrected chi connectivity index (χ4v) is 4.80. The van der Waals surface area contributed by atoms with Crippen molar-refractivity contribution in [3.05, 3.63) is 58.4 Å². The molecule has 0 aromatic heterocycles. The first-order valence-corrected chi connectivity index (χ1v) is 9.08. The molecule has 2 atom stereocenters. The molecule has 4 rings (SSSR count). The smallest absolute Gasteiger partial charge is 0.164 e. The van der Waals surface area contributed by atoms with Crippen LogP contribution < -0.4 is 5.32 Å². The molecule has 0 radical (unpaired) electrons. The van der Waals surface area contributed by atoms with Gasteiger partial charge in [0.05, 0.1) is 11.6 Å². The van der Waals surface area contributed by atoms with Crippen LogP contribution in [0.2, 0.25) is 0 Å². The van der Waals surface area contributed by atoms with E-state index in [-0.39, 0.29) is 17.4 Å². The standard InChI is InChI=1S/C21H25N3O/c1-5-21(14-8-6-7-13(2)9-14)15-12-22-24-19(15)23-16-10-20(3,4)11-17(25)18(16)21/h6-9,12,19,23H,5,10-11H2,1-4H3/t19?,21-/m1/s1. The van der Waals surface area contributed by atoms with Crippen molar-refractivity contribution >= 4 is 5.78 Å². The van der Waals surface area contributed by atoms with Crippen LogP contribution in [0.25, 0.3) is 0 Å². The summed E-state index contributed by atoms with van der Waals surface area (Å²) in [5, 5.41) is 12.1. The Morgan fingerprint density at radius 2 is 2.08 bits per heavy atom. The van der Waals surface area contributed by atoms with Crippen LogP contribution >= 0.6 is 0 Å². The average molecular weight is 335 g/mol. The lowest BCUT2D eigenvalue weighted by Crippen LogP contribution is -2.51. The van der Waals surface area contributed by atoms with Crippen LogP contribution in [0.5, 0.6) is 0 Å². The Hall–Kier alpha value is -2.23. The summed E-state index contributed by atoms with van der Waals surface area (Å²) < 4.78 is 0. The van der Waals surface area contributed by atoms with E-state index in [4.69, 9.17) is 0 Å². The molecule has 2 aliphatic heterocycles. The maximum absolute atomic E-state index is 13.3. The summed E-state index contributed by atoms with van der Waals surface area (Å²) >= 11 is 0. The van der Waals surface area contributed by atoms with Crippen molar-refractivity contribution in [1.29, 1.82) is 0 Å². The highest BCUT2D eigenvalue weighted by molar-refractivity contribution is 6.01. The minimum absolute atomic E-state index is 0.0219. The Morgan fingerprint density at radius 3 is 2.80 bits per heavy atom. The summed E-state index contributed by atoms with van der Waals surface area (Å²) in [5.41, 5.74) is 5.05. The second-order valence-electron chi connectivity index (χ2n) is 8.29. The molecule has 1 aromatic rings. The van der Waals surface area contributed by atoms with Crippen LogP contribution in [0, 0.1) is 12.3 Å². The molecule has 0 saturated heterocycles. The Kier molecular flexibility index (Phi) is 3.50. The first kappa shape index (κ1) is 16.2.